The fourth-order valence-corrected chi connectivity index (χ4v) is 2.60. The molecule has 1 saturated carbocycles. The lowest BCUT2D eigenvalue weighted by atomic mass is 9.91. The Kier molecular flexibility index (Phi) is 2.91. The number of carboxylic acids is 1. The second-order valence-corrected chi connectivity index (χ2v) is 5.26. The van der Waals surface area contributed by atoms with E-state index in [0.717, 1.165) is 6.42 Å². The summed E-state index contributed by atoms with van der Waals surface area (Å²) < 4.78 is 0. The van der Waals surface area contributed by atoms with E-state index in [-0.39, 0.29) is 23.8 Å². The molecule has 0 aromatic rings. The average molecular weight is 225 g/mol. The van der Waals surface area contributed by atoms with Crippen LogP contribution in [0.3, 0.4) is 0 Å². The monoisotopic (exact) mass is 225 g/mol. The number of hydrogen-bond acceptors (Lipinski definition) is 2. The number of amides is 1. The van der Waals surface area contributed by atoms with E-state index in [2.05, 4.69) is 6.92 Å². The predicted molar refractivity (Wildman–Crippen MR) is 58.8 cm³/mol. The summed E-state index contributed by atoms with van der Waals surface area (Å²) in [6.07, 6.45) is 2.21. The van der Waals surface area contributed by atoms with Crippen LogP contribution in [0.15, 0.2) is 0 Å². The second kappa shape index (κ2) is 4.07. The molecule has 0 aromatic carbocycles. The van der Waals surface area contributed by atoms with Gasteiger partial charge in [-0.3, -0.25) is 9.59 Å². The highest BCUT2D eigenvalue weighted by Gasteiger charge is 2.44. The fraction of sp³-hybridized carbons (Fsp3) is 0.833. The number of likely N-dealkylation sites (tertiary alicyclic amines) is 1. The number of nitrogens with zero attached hydrogens (tertiary/aromatic N) is 1. The van der Waals surface area contributed by atoms with Gasteiger partial charge in [-0.1, -0.05) is 6.92 Å². The van der Waals surface area contributed by atoms with E-state index < -0.39 is 5.97 Å². The van der Waals surface area contributed by atoms with E-state index in [4.69, 9.17) is 5.11 Å². The molecule has 90 valence electrons. The number of hydrogen-bond donors (Lipinski definition) is 1. The van der Waals surface area contributed by atoms with Crippen molar-refractivity contribution in [2.24, 2.45) is 17.8 Å². The number of carbonyl (C=O) groups excluding carboxylic acids is 1. The normalized spacial score (nSPS) is 38.2. The molecule has 2 rings (SSSR count). The minimum atomic E-state index is -0.723. The molecule has 1 heterocycles. The van der Waals surface area contributed by atoms with E-state index in [1.165, 1.54) is 0 Å². The van der Waals surface area contributed by atoms with Crippen molar-refractivity contribution >= 4 is 11.9 Å². The van der Waals surface area contributed by atoms with Crippen LogP contribution in [0, 0.1) is 17.8 Å². The summed E-state index contributed by atoms with van der Waals surface area (Å²) in [7, 11) is 0. The molecule has 0 bridgehead atoms. The Balaban J connectivity index is 1.93. The SMILES string of the molecule is CC1CC1C(=O)N1CCC(C(=O)O)CC1C. The van der Waals surface area contributed by atoms with Crippen molar-refractivity contribution in [2.75, 3.05) is 6.54 Å². The standard InChI is InChI=1S/C12H19NO3/c1-7-5-10(7)11(14)13-4-3-9(12(15)16)6-8(13)2/h7-10H,3-6H2,1-2H3,(H,15,16). The second-order valence-electron chi connectivity index (χ2n) is 5.26. The molecule has 0 aromatic heterocycles. The molecule has 16 heavy (non-hydrogen) atoms. The number of aliphatic carboxylic acids is 1. The lowest BCUT2D eigenvalue weighted by Crippen LogP contribution is -2.46. The summed E-state index contributed by atoms with van der Waals surface area (Å²) in [6.45, 7) is 4.66. The van der Waals surface area contributed by atoms with E-state index >= 15 is 0 Å². The third kappa shape index (κ3) is 2.06. The summed E-state index contributed by atoms with van der Waals surface area (Å²) in [4.78, 5) is 24.8. The molecule has 1 amide bonds. The smallest absolute Gasteiger partial charge is 0.306 e. The molecule has 4 heteroatoms. The Hall–Kier alpha value is -1.06. The van der Waals surface area contributed by atoms with Crippen LogP contribution in [-0.2, 0) is 9.59 Å². The minimum Gasteiger partial charge on any atom is -0.481 e. The number of piperidine rings is 1. The van der Waals surface area contributed by atoms with Crippen molar-refractivity contribution in [2.45, 2.75) is 39.2 Å². The first-order valence-corrected chi connectivity index (χ1v) is 6.04. The van der Waals surface area contributed by atoms with E-state index in [1.807, 2.05) is 11.8 Å². The van der Waals surface area contributed by atoms with Gasteiger partial charge in [0.25, 0.3) is 0 Å². The first-order chi connectivity index (χ1) is 7.50. The number of carbonyl (C=O) groups is 2. The first kappa shape index (κ1) is 11.4. The third-order valence-corrected chi connectivity index (χ3v) is 3.94. The van der Waals surface area contributed by atoms with Gasteiger partial charge in [-0.15, -0.1) is 0 Å². The van der Waals surface area contributed by atoms with Crippen molar-refractivity contribution in [1.29, 1.82) is 0 Å². The number of carboxylic acid groups (broad SMARTS) is 1. The van der Waals surface area contributed by atoms with Crippen LogP contribution in [0.4, 0.5) is 0 Å². The summed E-state index contributed by atoms with van der Waals surface area (Å²) >= 11 is 0. The maximum atomic E-state index is 12.0. The third-order valence-electron chi connectivity index (χ3n) is 3.94. The zero-order valence-corrected chi connectivity index (χ0v) is 9.85. The maximum Gasteiger partial charge on any atom is 0.306 e. The molecule has 2 aliphatic rings. The van der Waals surface area contributed by atoms with Gasteiger partial charge in [0, 0.05) is 18.5 Å². The van der Waals surface area contributed by atoms with Crippen LogP contribution >= 0.6 is 0 Å². The Labute approximate surface area is 95.6 Å². The summed E-state index contributed by atoms with van der Waals surface area (Å²) in [5, 5.41) is 8.94. The summed E-state index contributed by atoms with van der Waals surface area (Å²) in [5.41, 5.74) is 0. The first-order valence-electron chi connectivity index (χ1n) is 6.04. The Bertz CT molecular complexity index is 315. The van der Waals surface area contributed by atoms with Gasteiger partial charge >= 0.3 is 5.97 Å². The lowest BCUT2D eigenvalue weighted by Gasteiger charge is -2.36. The molecule has 4 unspecified atom stereocenters. The van der Waals surface area contributed by atoms with Crippen LogP contribution in [-0.4, -0.2) is 34.5 Å². The quantitative estimate of drug-likeness (QED) is 0.771. The molecule has 0 spiro atoms. The highest BCUT2D eigenvalue weighted by molar-refractivity contribution is 5.82. The molecular formula is C12H19NO3. The van der Waals surface area contributed by atoms with Gasteiger partial charge in [0.15, 0.2) is 0 Å². The van der Waals surface area contributed by atoms with Crippen molar-refractivity contribution < 1.29 is 14.7 Å². The topological polar surface area (TPSA) is 57.6 Å². The molecular weight excluding hydrogens is 206 g/mol. The van der Waals surface area contributed by atoms with Gasteiger partial charge in [-0.2, -0.15) is 0 Å². The molecule has 1 aliphatic heterocycles. The fourth-order valence-electron chi connectivity index (χ4n) is 2.60. The highest BCUT2D eigenvalue weighted by atomic mass is 16.4. The minimum absolute atomic E-state index is 0.0788. The van der Waals surface area contributed by atoms with Crippen LogP contribution in [0.25, 0.3) is 0 Å². The van der Waals surface area contributed by atoms with Crippen LogP contribution in [0.5, 0.6) is 0 Å². The van der Waals surface area contributed by atoms with Crippen molar-refractivity contribution in [1.82, 2.24) is 4.90 Å². The molecule has 4 atom stereocenters. The Morgan fingerprint density at radius 1 is 1.25 bits per heavy atom. The van der Waals surface area contributed by atoms with Crippen LogP contribution in [0.1, 0.15) is 33.1 Å². The van der Waals surface area contributed by atoms with E-state index in [1.54, 1.807) is 0 Å². The maximum absolute atomic E-state index is 12.0. The molecule has 0 radical (unpaired) electrons. The van der Waals surface area contributed by atoms with Gasteiger partial charge in [-0.25, -0.2) is 0 Å². The van der Waals surface area contributed by atoms with Crippen LogP contribution < -0.4 is 0 Å². The zero-order valence-electron chi connectivity index (χ0n) is 9.85. The molecule has 4 nitrogen and oxygen atoms in total. The number of rotatable bonds is 2. The molecule has 1 saturated heterocycles. The summed E-state index contributed by atoms with van der Waals surface area (Å²) in [5.74, 6) is -0.0148. The largest absolute Gasteiger partial charge is 0.481 e. The highest BCUT2D eigenvalue weighted by Crippen LogP contribution is 2.40. The van der Waals surface area contributed by atoms with Crippen molar-refractivity contribution in [3.8, 4) is 0 Å². The van der Waals surface area contributed by atoms with Crippen LogP contribution in [0.2, 0.25) is 0 Å². The summed E-state index contributed by atoms with van der Waals surface area (Å²) in [6, 6.07) is 0.0788. The van der Waals surface area contributed by atoms with Gasteiger partial charge in [0.2, 0.25) is 5.91 Å². The molecule has 2 fully saturated rings. The van der Waals surface area contributed by atoms with Gasteiger partial charge in [0.1, 0.15) is 0 Å². The Morgan fingerprint density at radius 2 is 1.88 bits per heavy atom. The zero-order chi connectivity index (χ0) is 11.9. The van der Waals surface area contributed by atoms with Crippen molar-refractivity contribution in [3.63, 3.8) is 0 Å². The molecule has 1 N–H and O–H groups in total. The van der Waals surface area contributed by atoms with Crippen molar-refractivity contribution in [3.05, 3.63) is 0 Å². The van der Waals surface area contributed by atoms with Gasteiger partial charge in [-0.05, 0) is 32.1 Å². The van der Waals surface area contributed by atoms with Gasteiger partial charge in [0.05, 0.1) is 5.92 Å². The van der Waals surface area contributed by atoms with E-state index in [0.29, 0.717) is 25.3 Å². The lowest BCUT2D eigenvalue weighted by molar-refractivity contribution is -0.148. The molecule has 1 aliphatic carbocycles. The Morgan fingerprint density at radius 3 is 2.31 bits per heavy atom. The average Bonchev–Trinajstić information content (AvgIpc) is 2.94. The predicted octanol–water partition coefficient (Wildman–Crippen LogP) is 1.35. The van der Waals surface area contributed by atoms with Gasteiger partial charge < -0.3 is 10.0 Å². The van der Waals surface area contributed by atoms with E-state index in [9.17, 15) is 9.59 Å².